The van der Waals surface area contributed by atoms with Crippen LogP contribution in [0.3, 0.4) is 0 Å². The van der Waals surface area contributed by atoms with Crippen LogP contribution in [0.5, 0.6) is 0 Å². The van der Waals surface area contributed by atoms with E-state index in [1.807, 2.05) is 31.4 Å². The lowest BCUT2D eigenvalue weighted by molar-refractivity contribution is 0.0727. The number of hydrogen-bond donors (Lipinski definition) is 0. The molecule has 1 aliphatic heterocycles. The highest BCUT2D eigenvalue weighted by atomic mass is 16.2. The molecule has 1 amide bonds. The van der Waals surface area contributed by atoms with Gasteiger partial charge >= 0.3 is 0 Å². The molecule has 0 aromatic carbocycles. The van der Waals surface area contributed by atoms with Crippen LogP contribution < -0.4 is 0 Å². The van der Waals surface area contributed by atoms with Crippen molar-refractivity contribution in [1.82, 2.24) is 24.8 Å². The molecular weight excluding hydrogens is 278 g/mol. The Labute approximate surface area is 129 Å². The van der Waals surface area contributed by atoms with Crippen molar-refractivity contribution in [3.05, 3.63) is 53.4 Å². The fourth-order valence-corrected chi connectivity index (χ4v) is 2.79. The van der Waals surface area contributed by atoms with Crippen molar-refractivity contribution in [2.24, 2.45) is 0 Å². The molecule has 6 heteroatoms. The van der Waals surface area contributed by atoms with Crippen LogP contribution in [0, 0.1) is 0 Å². The quantitative estimate of drug-likeness (QED) is 0.850. The number of nitrogens with zero attached hydrogens (tertiary/aromatic N) is 5. The molecule has 6 nitrogen and oxygen atoms in total. The monoisotopic (exact) mass is 297 g/mol. The summed E-state index contributed by atoms with van der Waals surface area (Å²) in [5, 5.41) is 0. The molecule has 22 heavy (non-hydrogen) atoms. The summed E-state index contributed by atoms with van der Waals surface area (Å²) in [5.74, 6) is -0.0724. The van der Waals surface area contributed by atoms with Gasteiger partial charge in [-0.15, -0.1) is 0 Å². The highest BCUT2D eigenvalue weighted by molar-refractivity contribution is 5.92. The van der Waals surface area contributed by atoms with Gasteiger partial charge < -0.3 is 9.80 Å². The van der Waals surface area contributed by atoms with Gasteiger partial charge in [-0.25, -0.2) is 4.98 Å². The molecule has 114 valence electrons. The second kappa shape index (κ2) is 6.19. The van der Waals surface area contributed by atoms with Crippen LogP contribution in [0.4, 0.5) is 0 Å². The number of amides is 1. The maximum atomic E-state index is 12.5. The molecule has 0 bridgehead atoms. The van der Waals surface area contributed by atoms with Crippen molar-refractivity contribution >= 4 is 5.91 Å². The first kappa shape index (κ1) is 14.6. The van der Waals surface area contributed by atoms with Crippen LogP contribution in [-0.4, -0.2) is 51.3 Å². The first-order valence-electron chi connectivity index (χ1n) is 7.30. The van der Waals surface area contributed by atoms with Gasteiger partial charge in [-0.1, -0.05) is 0 Å². The van der Waals surface area contributed by atoms with Gasteiger partial charge in [0.25, 0.3) is 5.91 Å². The molecule has 0 aliphatic carbocycles. The topological polar surface area (TPSA) is 62.2 Å². The Morgan fingerprint density at radius 3 is 2.82 bits per heavy atom. The average molecular weight is 297 g/mol. The van der Waals surface area contributed by atoms with E-state index in [9.17, 15) is 4.79 Å². The Balaban J connectivity index is 1.81. The third-order valence-corrected chi connectivity index (χ3v) is 3.78. The lowest BCUT2D eigenvalue weighted by atomic mass is 9.96. The van der Waals surface area contributed by atoms with E-state index in [0.717, 1.165) is 18.5 Å². The number of aromatic nitrogens is 3. The lowest BCUT2D eigenvalue weighted by Gasteiger charge is -2.30. The van der Waals surface area contributed by atoms with Crippen molar-refractivity contribution in [2.45, 2.75) is 19.5 Å². The molecular formula is C16H19N5O. The summed E-state index contributed by atoms with van der Waals surface area (Å²) in [6.07, 6.45) is 9.27. The van der Waals surface area contributed by atoms with Crippen LogP contribution in [0.15, 0.2) is 31.0 Å². The molecule has 0 saturated heterocycles. The number of rotatable bonds is 3. The molecule has 0 unspecified atom stereocenters. The van der Waals surface area contributed by atoms with Gasteiger partial charge in [0.15, 0.2) is 0 Å². The Morgan fingerprint density at radius 2 is 2.09 bits per heavy atom. The van der Waals surface area contributed by atoms with E-state index in [0.29, 0.717) is 18.8 Å². The van der Waals surface area contributed by atoms with Crippen molar-refractivity contribution in [2.75, 3.05) is 20.6 Å². The molecule has 1 aliphatic rings. The molecule has 3 rings (SSSR count). The Hall–Kier alpha value is -2.34. The predicted octanol–water partition coefficient (Wildman–Crippen LogP) is 1.13. The summed E-state index contributed by atoms with van der Waals surface area (Å²) in [6.45, 7) is 2.15. The number of carbonyl (C=O) groups is 1. The van der Waals surface area contributed by atoms with Crippen LogP contribution in [0.1, 0.15) is 27.2 Å². The maximum Gasteiger partial charge on any atom is 0.274 e. The number of carbonyl (C=O) groups excluding carboxylic acids is 1. The summed E-state index contributed by atoms with van der Waals surface area (Å²) in [6, 6.07) is 0. The molecule has 0 saturated carbocycles. The van der Waals surface area contributed by atoms with Gasteiger partial charge in [0.1, 0.15) is 5.69 Å². The third-order valence-electron chi connectivity index (χ3n) is 3.78. The predicted molar refractivity (Wildman–Crippen MR) is 82.1 cm³/mol. The van der Waals surface area contributed by atoms with E-state index in [1.54, 1.807) is 12.4 Å². The third kappa shape index (κ3) is 2.96. The van der Waals surface area contributed by atoms with E-state index in [2.05, 4.69) is 19.9 Å². The van der Waals surface area contributed by atoms with E-state index >= 15 is 0 Å². The van der Waals surface area contributed by atoms with Crippen LogP contribution >= 0.6 is 0 Å². The van der Waals surface area contributed by atoms with Crippen LogP contribution in [-0.2, 0) is 19.5 Å². The molecule has 0 spiro atoms. The van der Waals surface area contributed by atoms with Gasteiger partial charge in [0.05, 0.1) is 6.20 Å². The van der Waals surface area contributed by atoms with E-state index in [1.165, 1.54) is 17.3 Å². The van der Waals surface area contributed by atoms with Crippen molar-refractivity contribution in [1.29, 1.82) is 0 Å². The van der Waals surface area contributed by atoms with Crippen molar-refractivity contribution < 1.29 is 4.79 Å². The normalized spacial score (nSPS) is 14.0. The molecule has 0 N–H and O–H groups in total. The summed E-state index contributed by atoms with van der Waals surface area (Å²) in [7, 11) is 4.10. The fraction of sp³-hybridized carbons (Fsp3) is 0.375. The Morgan fingerprint density at radius 1 is 1.23 bits per heavy atom. The average Bonchev–Trinajstić information content (AvgIpc) is 2.54. The van der Waals surface area contributed by atoms with Gasteiger partial charge in [0.2, 0.25) is 0 Å². The van der Waals surface area contributed by atoms with E-state index in [4.69, 9.17) is 0 Å². The van der Waals surface area contributed by atoms with Gasteiger partial charge in [-0.05, 0) is 37.2 Å². The van der Waals surface area contributed by atoms with Crippen molar-refractivity contribution in [3.63, 3.8) is 0 Å². The minimum atomic E-state index is -0.0724. The first-order valence-corrected chi connectivity index (χ1v) is 7.30. The van der Waals surface area contributed by atoms with Crippen LogP contribution in [0.2, 0.25) is 0 Å². The van der Waals surface area contributed by atoms with Gasteiger partial charge in [-0.2, -0.15) is 0 Å². The van der Waals surface area contributed by atoms with Crippen LogP contribution in [0.25, 0.3) is 0 Å². The summed E-state index contributed by atoms with van der Waals surface area (Å²) in [5.41, 5.74) is 4.09. The standard InChI is InChI=1S/C16H19N5O/c1-20(2)10-12-7-18-8-13-11-21(6-3-14(12)13)16(22)15-9-17-4-5-19-15/h4-5,7-9H,3,6,10-11H2,1-2H3. The molecule has 3 heterocycles. The number of hydrogen-bond acceptors (Lipinski definition) is 5. The lowest BCUT2D eigenvalue weighted by Crippen LogP contribution is -2.37. The number of pyridine rings is 1. The highest BCUT2D eigenvalue weighted by Crippen LogP contribution is 2.23. The second-order valence-electron chi connectivity index (χ2n) is 5.74. The highest BCUT2D eigenvalue weighted by Gasteiger charge is 2.24. The maximum absolute atomic E-state index is 12.5. The molecule has 2 aromatic rings. The second-order valence-corrected chi connectivity index (χ2v) is 5.74. The minimum absolute atomic E-state index is 0.0724. The van der Waals surface area contributed by atoms with Gasteiger partial charge in [-0.3, -0.25) is 14.8 Å². The Kier molecular flexibility index (Phi) is 4.11. The largest absolute Gasteiger partial charge is 0.333 e. The molecule has 0 fully saturated rings. The van der Waals surface area contributed by atoms with Crippen molar-refractivity contribution in [3.8, 4) is 0 Å². The molecule has 2 aromatic heterocycles. The summed E-state index contributed by atoms with van der Waals surface area (Å²) in [4.78, 5) is 28.8. The fourth-order valence-electron chi connectivity index (χ4n) is 2.79. The van der Waals surface area contributed by atoms with E-state index < -0.39 is 0 Å². The minimum Gasteiger partial charge on any atom is -0.333 e. The zero-order valence-electron chi connectivity index (χ0n) is 12.9. The smallest absolute Gasteiger partial charge is 0.274 e. The SMILES string of the molecule is CN(C)Cc1cncc2c1CCN(C(=O)c1cnccn1)C2. The summed E-state index contributed by atoms with van der Waals surface area (Å²) < 4.78 is 0. The molecule has 0 radical (unpaired) electrons. The molecule has 0 atom stereocenters. The van der Waals surface area contributed by atoms with E-state index in [-0.39, 0.29) is 5.91 Å². The van der Waals surface area contributed by atoms with Gasteiger partial charge in [0, 0.05) is 44.4 Å². The zero-order valence-corrected chi connectivity index (χ0v) is 12.9. The first-order chi connectivity index (χ1) is 10.6. The summed E-state index contributed by atoms with van der Waals surface area (Å²) >= 11 is 0. The number of fused-ring (bicyclic) bond motifs is 1. The zero-order chi connectivity index (χ0) is 15.5. The Bertz CT molecular complexity index is 671.